The first-order chi connectivity index (χ1) is 21.0. The van der Waals surface area contributed by atoms with Crippen LogP contribution in [0.15, 0.2) is 73.1 Å². The molecule has 2 amide bonds. The molecule has 2 aliphatic rings. The van der Waals surface area contributed by atoms with E-state index in [9.17, 15) is 9.59 Å². The fourth-order valence-electron chi connectivity index (χ4n) is 6.17. The largest absolute Gasteiger partial charge is 0.493 e. The zero-order valence-corrected chi connectivity index (χ0v) is 24.1. The molecule has 1 unspecified atom stereocenters. The molecule has 4 bridgehead atoms. The number of hydrogen-bond donors (Lipinski definition) is 1. The molecule has 43 heavy (non-hydrogen) atoms. The van der Waals surface area contributed by atoms with Crippen molar-refractivity contribution in [2.45, 2.75) is 25.3 Å². The highest BCUT2D eigenvalue weighted by molar-refractivity contribution is 5.95. The van der Waals surface area contributed by atoms with Crippen molar-refractivity contribution in [3.8, 4) is 28.6 Å². The van der Waals surface area contributed by atoms with Crippen molar-refractivity contribution in [2.24, 2.45) is 7.05 Å². The Morgan fingerprint density at radius 2 is 2.00 bits per heavy atom. The maximum atomic E-state index is 14.1. The summed E-state index contributed by atoms with van der Waals surface area (Å²) in [5.74, 6) is 2.49. The number of para-hydroxylation sites is 2. The zero-order chi connectivity index (χ0) is 29.5. The second-order valence-electron chi connectivity index (χ2n) is 11.0. The van der Waals surface area contributed by atoms with E-state index in [1.165, 1.54) is 0 Å². The molecule has 2 aromatic heterocycles. The standard InChI is InChI=1S/C33H32N6O4/c1-37-27-8-4-3-7-26(27)36-32(37)23-6-5-12-38(19-23)33(41)24-14-21-15-25(16-24)39-13-11-34-31(39)22-9-10-28(42-2)29(17-22)43-20-30(40)35-18-21/h3-4,7-11,13-17,23H,5-6,12,18-20H2,1-2H3,(H,35,40). The van der Waals surface area contributed by atoms with Crippen LogP contribution in [0.2, 0.25) is 0 Å². The Labute approximate surface area is 248 Å². The van der Waals surface area contributed by atoms with Crippen LogP contribution in [0.5, 0.6) is 11.5 Å². The van der Waals surface area contributed by atoms with Gasteiger partial charge in [-0.25, -0.2) is 9.97 Å². The van der Waals surface area contributed by atoms with Crippen LogP contribution in [0.25, 0.3) is 28.1 Å². The molecule has 1 saturated heterocycles. The van der Waals surface area contributed by atoms with Gasteiger partial charge in [0, 0.05) is 61.8 Å². The molecule has 218 valence electrons. The van der Waals surface area contributed by atoms with Crippen molar-refractivity contribution in [3.05, 3.63) is 90.0 Å². The van der Waals surface area contributed by atoms with Crippen LogP contribution in [0, 0.1) is 0 Å². The predicted molar refractivity (Wildman–Crippen MR) is 161 cm³/mol. The molecule has 0 radical (unpaired) electrons. The van der Waals surface area contributed by atoms with Gasteiger partial charge in [-0.15, -0.1) is 0 Å². The monoisotopic (exact) mass is 576 g/mol. The summed E-state index contributed by atoms with van der Waals surface area (Å²) in [4.78, 5) is 38.3. The number of methoxy groups -OCH3 is 1. The molecular weight excluding hydrogens is 544 g/mol. The van der Waals surface area contributed by atoms with Gasteiger partial charge in [0.25, 0.3) is 11.8 Å². The fourth-order valence-corrected chi connectivity index (χ4v) is 6.17. The fraction of sp³-hybridized carbons (Fsp3) is 0.273. The van der Waals surface area contributed by atoms with E-state index in [-0.39, 0.29) is 30.9 Å². The summed E-state index contributed by atoms with van der Waals surface area (Å²) in [6.45, 7) is 1.35. The Balaban J connectivity index is 1.24. The molecule has 0 aliphatic carbocycles. The molecule has 0 spiro atoms. The molecule has 1 fully saturated rings. The second kappa shape index (κ2) is 10.9. The first kappa shape index (κ1) is 26.8. The Morgan fingerprint density at radius 3 is 2.86 bits per heavy atom. The Kier molecular flexibility index (Phi) is 6.81. The SMILES string of the molecule is COc1ccc2cc1OCC(=O)NCc1cc(C(=O)N3CCCC(c4nc5ccccc5n4C)C3)cc(c1)-n1ccnc1-2. The molecule has 10 nitrogen and oxygen atoms in total. The van der Waals surface area contributed by atoms with Gasteiger partial charge < -0.3 is 24.3 Å². The van der Waals surface area contributed by atoms with Gasteiger partial charge in [0.2, 0.25) is 0 Å². The minimum absolute atomic E-state index is 0.0426. The van der Waals surface area contributed by atoms with Gasteiger partial charge in [0.1, 0.15) is 11.6 Å². The molecule has 1 N–H and O–H groups in total. The number of benzene rings is 3. The van der Waals surface area contributed by atoms with Crippen LogP contribution in [-0.2, 0) is 18.4 Å². The molecule has 3 aromatic carbocycles. The first-order valence-electron chi connectivity index (χ1n) is 14.4. The number of piperidine rings is 1. The highest BCUT2D eigenvalue weighted by Gasteiger charge is 2.29. The number of carbonyl (C=O) groups excluding carboxylic acids is 2. The Hall–Kier alpha value is -5.12. The van der Waals surface area contributed by atoms with Gasteiger partial charge in [0.05, 0.1) is 18.1 Å². The van der Waals surface area contributed by atoms with E-state index in [1.54, 1.807) is 19.4 Å². The van der Waals surface area contributed by atoms with Crippen LogP contribution in [0.1, 0.15) is 40.5 Å². The van der Waals surface area contributed by atoms with E-state index in [0.29, 0.717) is 36.0 Å². The van der Waals surface area contributed by atoms with E-state index in [1.807, 2.05) is 71.2 Å². The van der Waals surface area contributed by atoms with Gasteiger partial charge >= 0.3 is 0 Å². The van der Waals surface area contributed by atoms with Crippen molar-refractivity contribution in [3.63, 3.8) is 0 Å². The van der Waals surface area contributed by atoms with Crippen LogP contribution in [0.3, 0.4) is 0 Å². The second-order valence-corrected chi connectivity index (χ2v) is 11.0. The predicted octanol–water partition coefficient (Wildman–Crippen LogP) is 4.46. The van der Waals surface area contributed by atoms with Crippen molar-refractivity contribution in [1.82, 2.24) is 29.3 Å². The number of aryl methyl sites for hydroxylation is 1. The van der Waals surface area contributed by atoms with Gasteiger partial charge in [-0.05, 0) is 66.9 Å². The van der Waals surface area contributed by atoms with Gasteiger partial charge in [-0.2, -0.15) is 0 Å². The minimum atomic E-state index is -0.274. The quantitative estimate of drug-likeness (QED) is 0.340. The van der Waals surface area contributed by atoms with Crippen molar-refractivity contribution in [1.29, 1.82) is 0 Å². The van der Waals surface area contributed by atoms with Crippen molar-refractivity contribution < 1.29 is 19.1 Å². The lowest BCUT2D eigenvalue weighted by molar-refractivity contribution is -0.123. The molecule has 7 rings (SSSR count). The third kappa shape index (κ3) is 4.98. The summed E-state index contributed by atoms with van der Waals surface area (Å²) in [6, 6.07) is 19.4. The first-order valence-corrected chi connectivity index (χ1v) is 14.4. The lowest BCUT2D eigenvalue weighted by Gasteiger charge is -2.32. The summed E-state index contributed by atoms with van der Waals surface area (Å²) >= 11 is 0. The number of hydrogen-bond acceptors (Lipinski definition) is 6. The summed E-state index contributed by atoms with van der Waals surface area (Å²) in [5, 5.41) is 2.92. The lowest BCUT2D eigenvalue weighted by Crippen LogP contribution is -2.39. The van der Waals surface area contributed by atoms with Crippen LogP contribution in [-0.4, -0.2) is 62.6 Å². The molecule has 10 heteroatoms. The third-order valence-corrected chi connectivity index (χ3v) is 8.31. The number of fused-ring (bicyclic) bond motifs is 8. The zero-order valence-electron chi connectivity index (χ0n) is 24.1. The van der Waals surface area contributed by atoms with Crippen molar-refractivity contribution in [2.75, 3.05) is 26.8 Å². The van der Waals surface area contributed by atoms with Crippen molar-refractivity contribution >= 4 is 22.8 Å². The maximum absolute atomic E-state index is 14.1. The third-order valence-electron chi connectivity index (χ3n) is 8.31. The average molecular weight is 577 g/mol. The topological polar surface area (TPSA) is 104 Å². The number of carbonyl (C=O) groups is 2. The van der Waals surface area contributed by atoms with Crippen LogP contribution in [0.4, 0.5) is 0 Å². The van der Waals surface area contributed by atoms with E-state index in [4.69, 9.17) is 14.5 Å². The molecule has 2 aliphatic heterocycles. The number of amides is 2. The summed E-state index contributed by atoms with van der Waals surface area (Å²) in [5.41, 5.74) is 5.01. The van der Waals surface area contributed by atoms with Crippen LogP contribution < -0.4 is 14.8 Å². The van der Waals surface area contributed by atoms with Gasteiger partial charge in [-0.1, -0.05) is 12.1 Å². The summed E-state index contributed by atoms with van der Waals surface area (Å²) < 4.78 is 15.4. The van der Waals surface area contributed by atoms with E-state index in [0.717, 1.165) is 46.5 Å². The van der Waals surface area contributed by atoms with Gasteiger partial charge in [-0.3, -0.25) is 14.2 Å². The Morgan fingerprint density at radius 1 is 1.12 bits per heavy atom. The number of imidazole rings is 2. The van der Waals surface area contributed by atoms with E-state index in [2.05, 4.69) is 20.9 Å². The number of nitrogens with one attached hydrogen (secondary N) is 1. The lowest BCUT2D eigenvalue weighted by atomic mass is 9.96. The number of rotatable bonds is 3. The number of ether oxygens (including phenoxy) is 2. The number of nitrogens with zero attached hydrogens (tertiary/aromatic N) is 5. The molecular formula is C33H32N6O4. The molecule has 0 saturated carbocycles. The minimum Gasteiger partial charge on any atom is -0.493 e. The normalized spacial score (nSPS) is 16.7. The highest BCUT2D eigenvalue weighted by Crippen LogP contribution is 2.34. The Bertz CT molecular complexity index is 1860. The number of likely N-dealkylation sites (tertiary alicyclic amines) is 1. The molecule has 4 heterocycles. The smallest absolute Gasteiger partial charge is 0.258 e. The molecule has 5 aromatic rings. The van der Waals surface area contributed by atoms with Crippen LogP contribution >= 0.6 is 0 Å². The van der Waals surface area contributed by atoms with E-state index < -0.39 is 0 Å². The summed E-state index contributed by atoms with van der Waals surface area (Å²) in [7, 11) is 3.61. The number of aromatic nitrogens is 4. The molecule has 1 atom stereocenters. The highest BCUT2D eigenvalue weighted by atomic mass is 16.5. The summed E-state index contributed by atoms with van der Waals surface area (Å²) in [6.07, 6.45) is 5.47. The average Bonchev–Trinajstić information content (AvgIpc) is 3.67. The maximum Gasteiger partial charge on any atom is 0.258 e. The van der Waals surface area contributed by atoms with E-state index >= 15 is 0 Å². The van der Waals surface area contributed by atoms with Gasteiger partial charge in [0.15, 0.2) is 18.1 Å².